The van der Waals surface area contributed by atoms with Crippen LogP contribution < -0.4 is 5.32 Å². The number of nitriles is 1. The zero-order chi connectivity index (χ0) is 23.5. The molecule has 4 aromatic rings. The molecule has 3 heterocycles. The van der Waals surface area contributed by atoms with Crippen LogP contribution in [-0.4, -0.2) is 26.4 Å². The van der Waals surface area contributed by atoms with Gasteiger partial charge in [0.25, 0.3) is 0 Å². The lowest BCUT2D eigenvalue weighted by molar-refractivity contribution is -0.113. The average Bonchev–Trinajstić information content (AvgIpc) is 3.50. The van der Waals surface area contributed by atoms with Gasteiger partial charge in [-0.15, -0.1) is 21.5 Å². The Hall–Kier alpha value is -3.35. The molecule has 0 spiro atoms. The number of para-hydroxylation sites is 1. The summed E-state index contributed by atoms with van der Waals surface area (Å²) in [5.41, 5.74) is 3.51. The van der Waals surface area contributed by atoms with Gasteiger partial charge >= 0.3 is 0 Å². The fourth-order valence-electron chi connectivity index (χ4n) is 4.21. The van der Waals surface area contributed by atoms with E-state index in [0.29, 0.717) is 21.5 Å². The third-order valence-corrected chi connectivity index (χ3v) is 8.00. The fraction of sp³-hybridized carbons (Fsp3) is 0.280. The topological polar surface area (TPSA) is 96.7 Å². The van der Waals surface area contributed by atoms with Gasteiger partial charge in [0.1, 0.15) is 16.8 Å². The van der Waals surface area contributed by atoms with Gasteiger partial charge in [0, 0.05) is 10.6 Å². The van der Waals surface area contributed by atoms with Crippen LogP contribution in [0.4, 0.5) is 5.00 Å². The summed E-state index contributed by atoms with van der Waals surface area (Å²) < 4.78 is 7.40. The van der Waals surface area contributed by atoms with Crippen LogP contribution in [0.1, 0.15) is 41.0 Å². The molecule has 0 saturated heterocycles. The maximum atomic E-state index is 12.9. The second kappa shape index (κ2) is 9.87. The van der Waals surface area contributed by atoms with Gasteiger partial charge in [-0.1, -0.05) is 36.4 Å². The molecular formula is C25H23N5O2S2. The van der Waals surface area contributed by atoms with Gasteiger partial charge in [-0.2, -0.15) is 5.26 Å². The van der Waals surface area contributed by atoms with Crippen LogP contribution in [0.25, 0.3) is 17.1 Å². The van der Waals surface area contributed by atoms with Gasteiger partial charge in [0.05, 0.1) is 23.1 Å². The molecular weight excluding hydrogens is 466 g/mol. The number of carbonyl (C=O) groups excluding carboxylic acids is 1. The van der Waals surface area contributed by atoms with E-state index >= 15 is 0 Å². The first-order valence-electron chi connectivity index (χ1n) is 11.2. The molecule has 0 radical (unpaired) electrons. The highest BCUT2D eigenvalue weighted by Crippen LogP contribution is 2.37. The number of thioether (sulfide) groups is 1. The lowest BCUT2D eigenvalue weighted by Gasteiger charge is -2.10. The summed E-state index contributed by atoms with van der Waals surface area (Å²) >= 11 is 2.86. The van der Waals surface area contributed by atoms with Crippen molar-refractivity contribution in [1.82, 2.24) is 14.8 Å². The number of fused-ring (bicyclic) bond motifs is 1. The minimum absolute atomic E-state index is 0.156. The number of nitrogens with zero attached hydrogens (tertiary/aromatic N) is 4. The summed E-state index contributed by atoms with van der Waals surface area (Å²) in [6.07, 6.45) is 6.94. The van der Waals surface area contributed by atoms with E-state index in [0.717, 1.165) is 48.3 Å². The molecule has 9 heteroatoms. The lowest BCUT2D eigenvalue weighted by Crippen LogP contribution is -2.14. The molecule has 5 rings (SSSR count). The van der Waals surface area contributed by atoms with E-state index in [1.54, 1.807) is 17.6 Å². The first-order valence-corrected chi connectivity index (χ1v) is 13.0. The first kappa shape index (κ1) is 22.4. The molecule has 0 bridgehead atoms. The average molecular weight is 490 g/mol. The number of aromatic nitrogens is 3. The van der Waals surface area contributed by atoms with Crippen molar-refractivity contribution in [2.75, 3.05) is 11.1 Å². The number of thiophene rings is 1. The van der Waals surface area contributed by atoms with Crippen molar-refractivity contribution in [2.45, 2.75) is 44.2 Å². The molecule has 0 atom stereocenters. The van der Waals surface area contributed by atoms with Crippen molar-refractivity contribution in [3.8, 4) is 23.1 Å². The van der Waals surface area contributed by atoms with Gasteiger partial charge in [-0.25, -0.2) is 0 Å². The minimum Gasteiger partial charge on any atom is -0.469 e. The van der Waals surface area contributed by atoms with Crippen molar-refractivity contribution in [1.29, 1.82) is 5.26 Å². The standard InChI is InChI=1S/C25H23N5O2S2/c1-16-18(12-13-32-16)23-28-29-25(30(23)17-8-4-2-5-9-17)33-15-22(31)27-24-20(14-26)19-10-6-3-7-11-21(19)34-24/h2,4-5,8-9,12-13H,3,6-7,10-11,15H2,1H3,(H,27,31). The Kier molecular flexibility index (Phi) is 6.52. The lowest BCUT2D eigenvalue weighted by atomic mass is 10.1. The second-order valence-corrected chi connectivity index (χ2v) is 10.1. The molecule has 3 aromatic heterocycles. The molecule has 0 saturated carbocycles. The summed E-state index contributed by atoms with van der Waals surface area (Å²) in [6.45, 7) is 1.88. The van der Waals surface area contributed by atoms with Crippen LogP contribution in [-0.2, 0) is 17.6 Å². The van der Waals surface area contributed by atoms with Crippen LogP contribution in [0.2, 0.25) is 0 Å². The fourth-order valence-corrected chi connectivity index (χ4v) is 6.21. The zero-order valence-corrected chi connectivity index (χ0v) is 20.3. The van der Waals surface area contributed by atoms with Crippen LogP contribution in [0, 0.1) is 18.3 Å². The summed E-state index contributed by atoms with van der Waals surface area (Å²) in [7, 11) is 0. The normalized spacial score (nSPS) is 13.2. The van der Waals surface area contributed by atoms with Crippen LogP contribution in [0.15, 0.2) is 52.2 Å². The molecule has 1 aliphatic rings. The first-order chi connectivity index (χ1) is 16.7. The largest absolute Gasteiger partial charge is 0.469 e. The highest BCUT2D eigenvalue weighted by atomic mass is 32.2. The van der Waals surface area contributed by atoms with Crippen molar-refractivity contribution in [3.63, 3.8) is 0 Å². The van der Waals surface area contributed by atoms with Gasteiger partial charge in [-0.05, 0) is 56.4 Å². The highest BCUT2D eigenvalue weighted by molar-refractivity contribution is 7.99. The Morgan fingerprint density at radius 1 is 1.21 bits per heavy atom. The van der Waals surface area contributed by atoms with Gasteiger partial charge in [0.15, 0.2) is 11.0 Å². The molecule has 7 nitrogen and oxygen atoms in total. The maximum Gasteiger partial charge on any atom is 0.235 e. The minimum atomic E-state index is -0.165. The van der Waals surface area contributed by atoms with Crippen molar-refractivity contribution in [3.05, 3.63) is 64.4 Å². The molecule has 172 valence electrons. The van der Waals surface area contributed by atoms with Crippen LogP contribution in [0.5, 0.6) is 0 Å². The van der Waals surface area contributed by atoms with Gasteiger partial charge < -0.3 is 9.73 Å². The Morgan fingerprint density at radius 2 is 2.03 bits per heavy atom. The quantitative estimate of drug-likeness (QED) is 0.273. The van der Waals surface area contributed by atoms with E-state index in [4.69, 9.17) is 4.42 Å². The molecule has 1 amide bonds. The van der Waals surface area contributed by atoms with E-state index in [9.17, 15) is 10.1 Å². The third-order valence-electron chi connectivity index (χ3n) is 5.87. The van der Waals surface area contributed by atoms with Crippen molar-refractivity contribution < 1.29 is 9.21 Å². The number of rotatable bonds is 6. The number of benzene rings is 1. The zero-order valence-electron chi connectivity index (χ0n) is 18.7. The highest BCUT2D eigenvalue weighted by Gasteiger charge is 2.22. The number of nitrogens with one attached hydrogen (secondary N) is 1. The third kappa shape index (κ3) is 4.39. The Labute approximate surface area is 205 Å². The Balaban J connectivity index is 1.37. The van der Waals surface area contributed by atoms with E-state index < -0.39 is 0 Å². The van der Waals surface area contributed by atoms with Crippen molar-refractivity contribution in [2.24, 2.45) is 0 Å². The number of hydrogen-bond donors (Lipinski definition) is 1. The monoisotopic (exact) mass is 489 g/mol. The second-order valence-electron chi connectivity index (χ2n) is 8.08. The maximum absolute atomic E-state index is 12.9. The molecule has 1 aliphatic carbocycles. The van der Waals surface area contributed by atoms with Gasteiger partial charge in [0.2, 0.25) is 5.91 Å². The predicted molar refractivity (Wildman–Crippen MR) is 133 cm³/mol. The summed E-state index contributed by atoms with van der Waals surface area (Å²) in [5, 5.41) is 22.7. The molecule has 1 N–H and O–H groups in total. The predicted octanol–water partition coefficient (Wildman–Crippen LogP) is 5.77. The van der Waals surface area contributed by atoms with Crippen LogP contribution >= 0.6 is 23.1 Å². The SMILES string of the molecule is Cc1occc1-c1nnc(SCC(=O)Nc2sc3c(c2C#N)CCCCC3)n1-c1ccccc1. The molecule has 0 unspecified atom stereocenters. The molecule has 34 heavy (non-hydrogen) atoms. The molecule has 1 aromatic carbocycles. The van der Waals surface area contributed by atoms with E-state index in [-0.39, 0.29) is 11.7 Å². The van der Waals surface area contributed by atoms with Gasteiger partial charge in [-0.3, -0.25) is 9.36 Å². The number of carbonyl (C=O) groups is 1. The summed E-state index contributed by atoms with van der Waals surface area (Å²) in [5.74, 6) is 1.40. The number of aryl methyl sites for hydroxylation is 2. The van der Waals surface area contributed by atoms with E-state index in [1.807, 2.05) is 47.9 Å². The smallest absolute Gasteiger partial charge is 0.235 e. The number of amides is 1. The van der Waals surface area contributed by atoms with E-state index in [1.165, 1.54) is 23.1 Å². The number of hydrogen-bond acceptors (Lipinski definition) is 7. The molecule has 0 fully saturated rings. The summed E-state index contributed by atoms with van der Waals surface area (Å²) in [6, 6.07) is 14.0. The Bertz CT molecular complexity index is 1360. The molecule has 0 aliphatic heterocycles. The van der Waals surface area contributed by atoms with Crippen LogP contribution in [0.3, 0.4) is 0 Å². The number of anilines is 1. The summed E-state index contributed by atoms with van der Waals surface area (Å²) in [4.78, 5) is 14.1. The van der Waals surface area contributed by atoms with E-state index in [2.05, 4.69) is 21.6 Å². The Morgan fingerprint density at radius 3 is 2.79 bits per heavy atom. The number of furan rings is 1. The van der Waals surface area contributed by atoms with Crippen molar-refractivity contribution >= 4 is 34.0 Å².